The van der Waals surface area contributed by atoms with Crippen LogP contribution in [0.3, 0.4) is 0 Å². The largest absolute Gasteiger partial charge is 0.436 e. The number of fused-ring (bicyclic) bond motifs is 1. The van der Waals surface area contributed by atoms with E-state index in [0.717, 1.165) is 22.7 Å². The number of rotatable bonds is 1. The maximum atomic E-state index is 12.5. The molecule has 0 saturated heterocycles. The van der Waals surface area contributed by atoms with Gasteiger partial charge in [0.25, 0.3) is 5.69 Å². The minimum Gasteiger partial charge on any atom is -0.287 e. The predicted octanol–water partition coefficient (Wildman–Crippen LogP) is 3.02. The molecule has 2 rings (SSSR count). The highest BCUT2D eigenvalue weighted by Crippen LogP contribution is 2.35. The fourth-order valence-corrected chi connectivity index (χ4v) is 1.89. The fraction of sp³-hybridized carbons (Fsp3) is 0.125. The van der Waals surface area contributed by atoms with Crippen molar-refractivity contribution in [2.24, 2.45) is 0 Å². The minimum absolute atomic E-state index is 0.0187. The Bertz CT molecular complexity index is 608. The third kappa shape index (κ3) is 1.97. The third-order valence-corrected chi connectivity index (χ3v) is 2.78. The number of hydrogen-bond donors (Lipinski definition) is 0. The Morgan fingerprint density at radius 2 is 2.06 bits per heavy atom. The highest BCUT2D eigenvalue weighted by molar-refractivity contribution is 9.10. The normalized spacial score (nSPS) is 12.0. The van der Waals surface area contributed by atoms with Gasteiger partial charge in [-0.15, -0.1) is 0 Å². The molecule has 5 nitrogen and oxygen atoms in total. The molecule has 0 saturated carbocycles. The molecular formula is C8H3BrF3N3O2. The molecule has 0 aliphatic heterocycles. The first kappa shape index (κ1) is 11.8. The molecule has 0 atom stereocenters. The van der Waals surface area contributed by atoms with Gasteiger partial charge in [-0.25, -0.2) is 4.98 Å². The summed E-state index contributed by atoms with van der Waals surface area (Å²) in [4.78, 5) is 13.2. The highest BCUT2D eigenvalue weighted by Gasteiger charge is 2.37. The first-order chi connectivity index (χ1) is 7.80. The van der Waals surface area contributed by atoms with Crippen LogP contribution in [0.25, 0.3) is 5.65 Å². The molecule has 0 aliphatic carbocycles. The summed E-state index contributed by atoms with van der Waals surface area (Å²) < 4.78 is 38.1. The van der Waals surface area contributed by atoms with E-state index in [1.165, 1.54) is 0 Å². The average Bonchev–Trinajstić information content (AvgIpc) is 2.55. The van der Waals surface area contributed by atoms with Crippen molar-refractivity contribution >= 4 is 27.3 Å². The molecule has 0 amide bonds. The molecule has 0 fully saturated rings. The zero-order valence-electron chi connectivity index (χ0n) is 7.90. The van der Waals surface area contributed by atoms with Crippen molar-refractivity contribution in [1.29, 1.82) is 0 Å². The molecule has 0 N–H and O–H groups in total. The molecule has 0 aromatic carbocycles. The molecule has 0 unspecified atom stereocenters. The van der Waals surface area contributed by atoms with Crippen LogP contribution in [0.4, 0.5) is 18.9 Å². The highest BCUT2D eigenvalue weighted by atomic mass is 79.9. The lowest BCUT2D eigenvalue weighted by molar-refractivity contribution is -0.385. The van der Waals surface area contributed by atoms with E-state index in [0.29, 0.717) is 0 Å². The molecule has 2 aromatic rings. The van der Waals surface area contributed by atoms with Gasteiger partial charge in [0.1, 0.15) is 10.3 Å². The van der Waals surface area contributed by atoms with Crippen molar-refractivity contribution in [3.8, 4) is 0 Å². The van der Waals surface area contributed by atoms with Crippen molar-refractivity contribution in [3.05, 3.63) is 38.7 Å². The van der Waals surface area contributed by atoms with Crippen LogP contribution < -0.4 is 0 Å². The summed E-state index contributed by atoms with van der Waals surface area (Å²) in [5.41, 5.74) is -1.45. The number of nitro groups is 1. The Kier molecular flexibility index (Phi) is 2.57. The second kappa shape index (κ2) is 3.69. The molecule has 9 heteroatoms. The van der Waals surface area contributed by atoms with Crippen molar-refractivity contribution < 1.29 is 18.1 Å². The molecule has 2 heterocycles. The Labute approximate surface area is 100 Å². The van der Waals surface area contributed by atoms with E-state index >= 15 is 0 Å². The van der Waals surface area contributed by atoms with E-state index in [1.807, 2.05) is 0 Å². The van der Waals surface area contributed by atoms with Crippen LogP contribution in [0.1, 0.15) is 5.69 Å². The predicted molar refractivity (Wildman–Crippen MR) is 54.5 cm³/mol. The number of hydrogen-bond acceptors (Lipinski definition) is 3. The lowest BCUT2D eigenvalue weighted by atomic mass is 10.4. The van der Waals surface area contributed by atoms with Crippen LogP contribution in [-0.2, 0) is 6.18 Å². The average molecular weight is 310 g/mol. The minimum atomic E-state index is -4.61. The van der Waals surface area contributed by atoms with Crippen molar-refractivity contribution in [2.75, 3.05) is 0 Å². The molecule has 90 valence electrons. The Balaban J connectivity index is 2.71. The molecule has 0 aliphatic rings. The maximum Gasteiger partial charge on any atom is 0.436 e. The van der Waals surface area contributed by atoms with Gasteiger partial charge in [-0.3, -0.25) is 14.5 Å². The monoisotopic (exact) mass is 309 g/mol. The summed E-state index contributed by atoms with van der Waals surface area (Å²) in [7, 11) is 0. The quantitative estimate of drug-likeness (QED) is 0.601. The van der Waals surface area contributed by atoms with Gasteiger partial charge in [0.15, 0.2) is 5.69 Å². The summed E-state index contributed by atoms with van der Waals surface area (Å²) in [6.07, 6.45) is -3.64. The topological polar surface area (TPSA) is 60.4 Å². The van der Waals surface area contributed by atoms with Gasteiger partial charge in [0.05, 0.1) is 11.1 Å². The number of aromatic nitrogens is 2. The number of halogens is 4. The Hall–Kier alpha value is -1.64. The van der Waals surface area contributed by atoms with E-state index in [-0.39, 0.29) is 15.9 Å². The van der Waals surface area contributed by atoms with Gasteiger partial charge in [-0.05, 0) is 22.0 Å². The first-order valence-corrected chi connectivity index (χ1v) is 4.99. The van der Waals surface area contributed by atoms with Crippen LogP contribution in [-0.4, -0.2) is 14.3 Å². The van der Waals surface area contributed by atoms with Crippen LogP contribution in [0.5, 0.6) is 0 Å². The summed E-state index contributed by atoms with van der Waals surface area (Å²) in [5.74, 6) is 0. The maximum absolute atomic E-state index is 12.5. The first-order valence-electron chi connectivity index (χ1n) is 4.20. The molecule has 0 radical (unpaired) electrons. The SMILES string of the molecule is O=[N+]([O-])c1ccc2nc(C(F)(F)F)c(Br)n2c1. The zero-order chi connectivity index (χ0) is 12.8. The third-order valence-electron chi connectivity index (χ3n) is 2.02. The van der Waals surface area contributed by atoms with Crippen LogP contribution in [0.15, 0.2) is 22.9 Å². The second-order valence-corrected chi connectivity index (χ2v) is 3.87. The van der Waals surface area contributed by atoms with Crippen LogP contribution >= 0.6 is 15.9 Å². The van der Waals surface area contributed by atoms with Crippen molar-refractivity contribution in [3.63, 3.8) is 0 Å². The zero-order valence-corrected chi connectivity index (χ0v) is 9.49. The summed E-state index contributed by atoms with van der Waals surface area (Å²) in [6, 6.07) is 2.24. The van der Waals surface area contributed by atoms with Crippen molar-refractivity contribution in [1.82, 2.24) is 9.38 Å². The van der Waals surface area contributed by atoms with E-state index in [9.17, 15) is 23.3 Å². The van der Waals surface area contributed by atoms with Gasteiger partial charge in [0.2, 0.25) is 0 Å². The van der Waals surface area contributed by atoms with Gasteiger partial charge in [-0.1, -0.05) is 0 Å². The molecule has 0 spiro atoms. The fourth-order valence-electron chi connectivity index (χ4n) is 1.29. The van der Waals surface area contributed by atoms with E-state index in [2.05, 4.69) is 20.9 Å². The van der Waals surface area contributed by atoms with Crippen molar-refractivity contribution in [2.45, 2.75) is 6.18 Å². The molecule has 0 bridgehead atoms. The Morgan fingerprint density at radius 1 is 1.41 bits per heavy atom. The molecule has 2 aromatic heterocycles. The Morgan fingerprint density at radius 3 is 2.59 bits per heavy atom. The van der Waals surface area contributed by atoms with Gasteiger partial charge >= 0.3 is 6.18 Å². The van der Waals surface area contributed by atoms with E-state index < -0.39 is 16.8 Å². The summed E-state index contributed by atoms with van der Waals surface area (Å²) in [5, 5.41) is 10.5. The van der Waals surface area contributed by atoms with E-state index in [4.69, 9.17) is 0 Å². The van der Waals surface area contributed by atoms with E-state index in [1.54, 1.807) is 0 Å². The number of pyridine rings is 1. The van der Waals surface area contributed by atoms with Crippen LogP contribution in [0, 0.1) is 10.1 Å². The van der Waals surface area contributed by atoms with Gasteiger partial charge in [-0.2, -0.15) is 13.2 Å². The summed E-state index contributed by atoms with van der Waals surface area (Å²) in [6.45, 7) is 0. The second-order valence-electron chi connectivity index (χ2n) is 3.12. The number of nitrogens with zero attached hydrogens (tertiary/aromatic N) is 3. The molecular weight excluding hydrogens is 307 g/mol. The number of alkyl halides is 3. The van der Waals surface area contributed by atoms with Gasteiger partial charge in [0, 0.05) is 6.07 Å². The standard InChI is InChI=1S/C8H3BrF3N3O2/c9-7-6(8(10,11)12)13-5-2-1-4(15(16)17)3-14(5)7/h1-3H. The van der Waals surface area contributed by atoms with Gasteiger partial charge < -0.3 is 0 Å². The number of imidazole rings is 1. The lowest BCUT2D eigenvalue weighted by Crippen LogP contribution is -2.06. The summed E-state index contributed by atoms with van der Waals surface area (Å²) >= 11 is 2.73. The molecule has 17 heavy (non-hydrogen) atoms. The van der Waals surface area contributed by atoms with Crippen LogP contribution in [0.2, 0.25) is 0 Å². The smallest absolute Gasteiger partial charge is 0.287 e. The lowest BCUT2D eigenvalue weighted by Gasteiger charge is -2.01.